The minimum atomic E-state index is -2.72. The molecule has 0 saturated heterocycles. The number of alkyl halides is 2. The number of benzene rings is 1. The molecule has 0 spiro atoms. The van der Waals surface area contributed by atoms with E-state index in [1.165, 1.54) is 7.11 Å². The minimum absolute atomic E-state index is 0.162. The molecule has 1 aliphatic rings. The first-order chi connectivity index (χ1) is 12.5. The predicted molar refractivity (Wildman–Crippen MR) is 92.9 cm³/mol. The van der Waals surface area contributed by atoms with Gasteiger partial charge in [0.2, 0.25) is 0 Å². The summed E-state index contributed by atoms with van der Waals surface area (Å²) >= 11 is 0. The van der Waals surface area contributed by atoms with Gasteiger partial charge in [0.1, 0.15) is 0 Å². The molecule has 0 unspecified atom stereocenters. The number of carbonyl (C=O) groups is 1. The Balaban J connectivity index is 1.97. The number of esters is 1. The van der Waals surface area contributed by atoms with Crippen LogP contribution in [-0.2, 0) is 33.6 Å². The lowest BCUT2D eigenvalue weighted by Crippen LogP contribution is -2.27. The van der Waals surface area contributed by atoms with Crippen molar-refractivity contribution >= 4 is 16.9 Å². The molecule has 1 heterocycles. The summed E-state index contributed by atoms with van der Waals surface area (Å²) in [5.74, 6) is -3.19. The van der Waals surface area contributed by atoms with Crippen molar-refractivity contribution in [2.24, 2.45) is 0 Å². The first kappa shape index (κ1) is 18.8. The standard InChI is InChI=1S/C19H23F2NO4/c1-24-9-10-26-8-7-22-16-4-3-13(18(23)25-2)11-14(16)15-12-19(20,21)6-5-17(15)22/h3-4,11H,5-10,12H2,1-2H3. The van der Waals surface area contributed by atoms with Crippen LogP contribution >= 0.6 is 0 Å². The molecule has 3 rings (SSSR count). The van der Waals surface area contributed by atoms with Crippen molar-refractivity contribution in [3.8, 4) is 0 Å². The van der Waals surface area contributed by atoms with Gasteiger partial charge < -0.3 is 18.8 Å². The van der Waals surface area contributed by atoms with Crippen molar-refractivity contribution in [2.75, 3.05) is 34.0 Å². The van der Waals surface area contributed by atoms with Crippen molar-refractivity contribution in [1.29, 1.82) is 0 Å². The van der Waals surface area contributed by atoms with Crippen LogP contribution < -0.4 is 0 Å². The van der Waals surface area contributed by atoms with Crippen LogP contribution in [0.5, 0.6) is 0 Å². The highest BCUT2D eigenvalue weighted by Gasteiger charge is 2.37. The van der Waals surface area contributed by atoms with E-state index in [4.69, 9.17) is 14.2 Å². The fraction of sp³-hybridized carbons (Fsp3) is 0.526. The van der Waals surface area contributed by atoms with Gasteiger partial charge in [-0.15, -0.1) is 0 Å². The van der Waals surface area contributed by atoms with Gasteiger partial charge in [0.25, 0.3) is 5.92 Å². The topological polar surface area (TPSA) is 49.7 Å². The van der Waals surface area contributed by atoms with Crippen LogP contribution in [0.25, 0.3) is 10.9 Å². The van der Waals surface area contributed by atoms with Crippen LogP contribution in [-0.4, -0.2) is 50.5 Å². The third-order valence-electron chi connectivity index (χ3n) is 4.76. The molecule has 0 radical (unpaired) electrons. The second-order valence-corrected chi connectivity index (χ2v) is 6.44. The Bertz CT molecular complexity index is 800. The maximum absolute atomic E-state index is 14.0. The normalized spacial score (nSPS) is 15.8. The molecule has 26 heavy (non-hydrogen) atoms. The second-order valence-electron chi connectivity index (χ2n) is 6.44. The first-order valence-corrected chi connectivity index (χ1v) is 8.63. The zero-order chi connectivity index (χ0) is 18.7. The van der Waals surface area contributed by atoms with Gasteiger partial charge >= 0.3 is 5.97 Å². The molecular formula is C19H23F2NO4. The molecule has 0 bridgehead atoms. The van der Waals surface area contributed by atoms with Crippen molar-refractivity contribution in [1.82, 2.24) is 4.57 Å². The Morgan fingerprint density at radius 2 is 2.04 bits per heavy atom. The number of hydrogen-bond acceptors (Lipinski definition) is 4. The largest absolute Gasteiger partial charge is 0.465 e. The average Bonchev–Trinajstić information content (AvgIpc) is 2.92. The summed E-state index contributed by atoms with van der Waals surface area (Å²) < 4.78 is 45.3. The number of aromatic nitrogens is 1. The summed E-state index contributed by atoms with van der Waals surface area (Å²) in [6, 6.07) is 5.12. The Kier molecular flexibility index (Phi) is 5.58. The van der Waals surface area contributed by atoms with Gasteiger partial charge in [0.15, 0.2) is 0 Å². The van der Waals surface area contributed by atoms with Gasteiger partial charge in [-0.3, -0.25) is 0 Å². The van der Waals surface area contributed by atoms with Gasteiger partial charge in [-0.2, -0.15) is 0 Å². The Morgan fingerprint density at radius 1 is 1.23 bits per heavy atom. The average molecular weight is 367 g/mol. The smallest absolute Gasteiger partial charge is 0.337 e. The summed E-state index contributed by atoms with van der Waals surface area (Å²) in [6.07, 6.45) is -0.158. The zero-order valence-electron chi connectivity index (χ0n) is 15.0. The Morgan fingerprint density at radius 3 is 2.77 bits per heavy atom. The molecule has 0 fully saturated rings. The molecule has 1 aliphatic carbocycles. The molecular weight excluding hydrogens is 344 g/mol. The van der Waals surface area contributed by atoms with Crippen LogP contribution in [0.1, 0.15) is 28.0 Å². The zero-order valence-corrected chi connectivity index (χ0v) is 15.0. The molecule has 0 amide bonds. The second kappa shape index (κ2) is 7.72. The fourth-order valence-corrected chi connectivity index (χ4v) is 3.51. The lowest BCUT2D eigenvalue weighted by molar-refractivity contribution is -0.0127. The number of nitrogens with zero attached hydrogens (tertiary/aromatic N) is 1. The predicted octanol–water partition coefficient (Wildman–Crippen LogP) is 3.21. The monoisotopic (exact) mass is 367 g/mol. The molecule has 0 aliphatic heterocycles. The molecule has 0 N–H and O–H groups in total. The quantitative estimate of drug-likeness (QED) is 0.557. The summed E-state index contributed by atoms with van der Waals surface area (Å²) in [5.41, 5.74) is 2.74. The van der Waals surface area contributed by atoms with Gasteiger partial charge in [0.05, 0.1) is 32.5 Å². The highest BCUT2D eigenvalue weighted by Crippen LogP contribution is 2.39. The lowest BCUT2D eigenvalue weighted by atomic mass is 9.92. The highest BCUT2D eigenvalue weighted by atomic mass is 19.3. The number of halogens is 2. The number of fused-ring (bicyclic) bond motifs is 3. The van der Waals surface area contributed by atoms with Crippen LogP contribution in [0.4, 0.5) is 8.78 Å². The number of ether oxygens (including phenoxy) is 3. The summed E-state index contributed by atoms with van der Waals surface area (Å²) in [6.45, 7) is 2.04. The van der Waals surface area contributed by atoms with Crippen molar-refractivity contribution in [3.05, 3.63) is 35.0 Å². The van der Waals surface area contributed by atoms with E-state index in [0.717, 1.165) is 11.2 Å². The Hall–Kier alpha value is -1.99. The van der Waals surface area contributed by atoms with E-state index in [0.29, 0.717) is 49.3 Å². The van der Waals surface area contributed by atoms with E-state index in [1.807, 2.05) is 4.57 Å². The number of hydrogen-bond donors (Lipinski definition) is 0. The molecule has 5 nitrogen and oxygen atoms in total. The van der Waals surface area contributed by atoms with Crippen LogP contribution in [0.15, 0.2) is 18.2 Å². The lowest BCUT2D eigenvalue weighted by Gasteiger charge is -2.23. The van der Waals surface area contributed by atoms with Crippen molar-refractivity contribution in [3.63, 3.8) is 0 Å². The third kappa shape index (κ3) is 3.73. The van der Waals surface area contributed by atoms with E-state index in [1.54, 1.807) is 25.3 Å². The SMILES string of the molecule is COCCOCCn1c2c(c3cc(C(=O)OC)ccc31)CC(F)(F)CC2. The molecule has 142 valence electrons. The summed E-state index contributed by atoms with van der Waals surface area (Å²) in [5, 5.41) is 0.694. The van der Waals surface area contributed by atoms with E-state index < -0.39 is 11.9 Å². The maximum Gasteiger partial charge on any atom is 0.337 e. The van der Waals surface area contributed by atoms with E-state index in [2.05, 4.69) is 0 Å². The van der Waals surface area contributed by atoms with Crippen molar-refractivity contribution < 1.29 is 27.8 Å². The molecule has 0 atom stereocenters. The third-order valence-corrected chi connectivity index (χ3v) is 4.76. The van der Waals surface area contributed by atoms with Gasteiger partial charge in [-0.1, -0.05) is 0 Å². The van der Waals surface area contributed by atoms with E-state index in [-0.39, 0.29) is 12.8 Å². The molecule has 1 aromatic heterocycles. The minimum Gasteiger partial charge on any atom is -0.465 e. The van der Waals surface area contributed by atoms with Crippen LogP contribution in [0, 0.1) is 0 Å². The van der Waals surface area contributed by atoms with Crippen molar-refractivity contribution in [2.45, 2.75) is 31.7 Å². The summed E-state index contributed by atoms with van der Waals surface area (Å²) in [4.78, 5) is 11.8. The van der Waals surface area contributed by atoms with E-state index in [9.17, 15) is 13.6 Å². The highest BCUT2D eigenvalue weighted by molar-refractivity contribution is 5.96. The van der Waals surface area contributed by atoms with Gasteiger partial charge in [-0.05, 0) is 30.2 Å². The number of rotatable bonds is 7. The fourth-order valence-electron chi connectivity index (χ4n) is 3.51. The molecule has 2 aromatic rings. The molecule has 0 saturated carbocycles. The van der Waals surface area contributed by atoms with Crippen LogP contribution in [0.3, 0.4) is 0 Å². The summed E-state index contributed by atoms with van der Waals surface area (Å²) in [7, 11) is 2.91. The van der Waals surface area contributed by atoms with E-state index >= 15 is 0 Å². The first-order valence-electron chi connectivity index (χ1n) is 8.63. The Labute approximate surface area is 150 Å². The number of methoxy groups -OCH3 is 2. The number of carbonyl (C=O) groups excluding carboxylic acids is 1. The van der Waals surface area contributed by atoms with Crippen LogP contribution in [0.2, 0.25) is 0 Å². The van der Waals surface area contributed by atoms with Gasteiger partial charge in [0, 0.05) is 43.1 Å². The molecule has 7 heteroatoms. The maximum atomic E-state index is 14.0. The molecule has 1 aromatic carbocycles. The van der Waals surface area contributed by atoms with Gasteiger partial charge in [-0.25, -0.2) is 13.6 Å².